The summed E-state index contributed by atoms with van der Waals surface area (Å²) in [5.41, 5.74) is 2.35. The Bertz CT molecular complexity index is 1260. The highest BCUT2D eigenvalue weighted by Crippen LogP contribution is 2.33. The minimum Gasteiger partial charge on any atom is -0.457 e. The maximum atomic E-state index is 13.3. The zero-order valence-corrected chi connectivity index (χ0v) is 21.5. The predicted molar refractivity (Wildman–Crippen MR) is 141 cm³/mol. The van der Waals surface area contributed by atoms with Crippen LogP contribution in [0.5, 0.6) is 11.5 Å². The highest BCUT2D eigenvalue weighted by Gasteiger charge is 2.43. The van der Waals surface area contributed by atoms with Crippen LogP contribution in [-0.2, 0) is 23.9 Å². The summed E-state index contributed by atoms with van der Waals surface area (Å²) in [6.07, 6.45) is -0.636. The number of amides is 2. The van der Waals surface area contributed by atoms with Crippen molar-refractivity contribution >= 4 is 17.8 Å². The summed E-state index contributed by atoms with van der Waals surface area (Å²) >= 11 is 0. The topological polar surface area (TPSA) is 94.2 Å². The zero-order valence-electron chi connectivity index (χ0n) is 21.5. The van der Waals surface area contributed by atoms with Crippen LogP contribution in [0.3, 0.4) is 0 Å². The molecule has 0 aliphatic carbocycles. The van der Waals surface area contributed by atoms with Crippen LogP contribution in [0, 0.1) is 0 Å². The summed E-state index contributed by atoms with van der Waals surface area (Å²) in [7, 11) is 1.52. The van der Waals surface area contributed by atoms with Gasteiger partial charge in [0.05, 0.1) is 13.2 Å². The molecule has 1 saturated heterocycles. The Balaban J connectivity index is 0.000000408. The smallest absolute Gasteiger partial charge is 0.356 e. The van der Waals surface area contributed by atoms with Crippen molar-refractivity contribution in [1.29, 1.82) is 0 Å². The molecule has 38 heavy (non-hydrogen) atoms. The first-order chi connectivity index (χ1) is 18.4. The molecule has 0 spiro atoms. The van der Waals surface area contributed by atoms with Gasteiger partial charge in [0.2, 0.25) is 5.91 Å². The van der Waals surface area contributed by atoms with Crippen molar-refractivity contribution in [3.63, 3.8) is 0 Å². The first-order valence-corrected chi connectivity index (χ1v) is 12.2. The van der Waals surface area contributed by atoms with Crippen molar-refractivity contribution in [1.82, 2.24) is 10.2 Å². The van der Waals surface area contributed by atoms with Crippen LogP contribution < -0.4 is 10.1 Å². The molecule has 3 aliphatic heterocycles. The third-order valence-corrected chi connectivity index (χ3v) is 6.01. The van der Waals surface area contributed by atoms with Crippen LogP contribution in [0.25, 0.3) is 0 Å². The fourth-order valence-electron chi connectivity index (χ4n) is 4.21. The van der Waals surface area contributed by atoms with Gasteiger partial charge in [-0.3, -0.25) is 9.59 Å². The number of nitrogens with zero attached hydrogens (tertiary/aromatic N) is 1. The van der Waals surface area contributed by atoms with Crippen molar-refractivity contribution in [2.24, 2.45) is 0 Å². The highest BCUT2D eigenvalue weighted by molar-refractivity contribution is 6.00. The lowest BCUT2D eigenvalue weighted by atomic mass is 10.0. The second-order valence-electron chi connectivity index (χ2n) is 8.95. The molecule has 8 nitrogen and oxygen atoms in total. The van der Waals surface area contributed by atoms with E-state index in [4.69, 9.17) is 14.2 Å². The average molecular weight is 515 g/mol. The summed E-state index contributed by atoms with van der Waals surface area (Å²) in [5, 5.41) is 2.58. The fourth-order valence-corrected chi connectivity index (χ4v) is 4.21. The number of hydrogen-bond donors (Lipinski definition) is 1. The minimum absolute atomic E-state index is 0.144. The number of ether oxygens (including phenoxy) is 3. The standard InChI is InChI=1S/C24H26N2O5.C6H4O/c1-16(15-30-3)21(26-14-20(23(26)28)25-17(2)27)24(29)31-22(18-10-6-4-7-11-18)19-12-8-5-9-13-19;1-2-5-4-6(3-1)7-5/h4-13,20,22H,14-15H2,1-3H3,(H,25,27);1-4H. The summed E-state index contributed by atoms with van der Waals surface area (Å²) in [6, 6.07) is 26.1. The zero-order chi connectivity index (χ0) is 27.1. The number of carbonyl (C=O) groups is 3. The Labute approximate surface area is 221 Å². The van der Waals surface area contributed by atoms with Crippen LogP contribution in [0.4, 0.5) is 0 Å². The molecule has 3 aromatic rings. The molecule has 0 aromatic heterocycles. The van der Waals surface area contributed by atoms with Gasteiger partial charge in [0, 0.05) is 20.1 Å². The van der Waals surface area contributed by atoms with Gasteiger partial charge in [0.25, 0.3) is 5.91 Å². The Morgan fingerprint density at radius 3 is 1.89 bits per heavy atom. The van der Waals surface area contributed by atoms with Gasteiger partial charge in [0.1, 0.15) is 23.2 Å². The third-order valence-electron chi connectivity index (χ3n) is 6.01. The number of esters is 1. The third kappa shape index (κ3) is 6.27. The SMILES string of the molecule is COCC(C)=C(C(=O)OC(c1ccccc1)c1ccccc1)N1CC(NC(C)=O)C1=O.c1cc2cc(c1)O2. The van der Waals surface area contributed by atoms with E-state index in [2.05, 4.69) is 5.32 Å². The van der Waals surface area contributed by atoms with Crippen LogP contribution in [-0.4, -0.2) is 49.0 Å². The van der Waals surface area contributed by atoms with Crippen molar-refractivity contribution in [3.8, 4) is 11.5 Å². The second-order valence-corrected chi connectivity index (χ2v) is 8.95. The molecule has 3 heterocycles. The Hall–Kier alpha value is -4.43. The van der Waals surface area contributed by atoms with E-state index in [-0.39, 0.29) is 30.7 Å². The van der Waals surface area contributed by atoms with Crippen LogP contribution in [0.15, 0.2) is 96.2 Å². The van der Waals surface area contributed by atoms with Gasteiger partial charge in [0.15, 0.2) is 6.10 Å². The molecule has 2 bridgehead atoms. The number of carbonyl (C=O) groups excluding carboxylic acids is 3. The van der Waals surface area contributed by atoms with Crippen molar-refractivity contribution < 1.29 is 28.6 Å². The number of fused-ring (bicyclic) bond motifs is 2. The molecule has 1 unspecified atom stereocenters. The van der Waals surface area contributed by atoms with Crippen molar-refractivity contribution in [2.75, 3.05) is 20.3 Å². The molecule has 0 radical (unpaired) electrons. The van der Waals surface area contributed by atoms with E-state index in [1.54, 1.807) is 6.92 Å². The number of hydrogen-bond acceptors (Lipinski definition) is 6. The van der Waals surface area contributed by atoms with Crippen LogP contribution in [0.1, 0.15) is 31.1 Å². The molecule has 3 aliphatic rings. The predicted octanol–water partition coefficient (Wildman–Crippen LogP) is 4.38. The molecular formula is C30H30N2O6. The quantitative estimate of drug-likeness (QED) is 0.213. The van der Waals surface area contributed by atoms with E-state index >= 15 is 0 Å². The second kappa shape index (κ2) is 12.2. The lowest BCUT2D eigenvalue weighted by molar-refractivity contribution is -0.153. The monoisotopic (exact) mass is 514 g/mol. The molecule has 1 N–H and O–H groups in total. The Kier molecular flexibility index (Phi) is 8.55. The largest absolute Gasteiger partial charge is 0.457 e. The number of nitrogens with one attached hydrogen (secondary N) is 1. The molecule has 1 atom stereocenters. The van der Waals surface area contributed by atoms with Crippen LogP contribution >= 0.6 is 0 Å². The number of methoxy groups -OCH3 is 1. The molecular weight excluding hydrogens is 484 g/mol. The van der Waals surface area contributed by atoms with Crippen molar-refractivity contribution in [2.45, 2.75) is 26.0 Å². The van der Waals surface area contributed by atoms with Gasteiger partial charge in [-0.25, -0.2) is 4.79 Å². The summed E-state index contributed by atoms with van der Waals surface area (Å²) in [6.45, 7) is 3.44. The van der Waals surface area contributed by atoms with Gasteiger partial charge >= 0.3 is 5.97 Å². The van der Waals surface area contributed by atoms with E-state index < -0.39 is 18.1 Å². The van der Waals surface area contributed by atoms with E-state index in [1.807, 2.05) is 84.9 Å². The van der Waals surface area contributed by atoms with E-state index in [0.717, 1.165) is 22.6 Å². The van der Waals surface area contributed by atoms with E-state index in [0.29, 0.717) is 5.57 Å². The molecule has 0 saturated carbocycles. The average Bonchev–Trinajstić information content (AvgIpc) is 2.92. The normalized spacial score (nSPS) is 15.6. The maximum Gasteiger partial charge on any atom is 0.356 e. The number of rotatable bonds is 8. The highest BCUT2D eigenvalue weighted by atomic mass is 16.5. The van der Waals surface area contributed by atoms with E-state index in [9.17, 15) is 14.4 Å². The number of likely N-dealkylation sites (tertiary alicyclic amines) is 1. The van der Waals surface area contributed by atoms with Crippen LogP contribution in [0.2, 0.25) is 0 Å². The lowest BCUT2D eigenvalue weighted by Gasteiger charge is -2.40. The van der Waals surface area contributed by atoms with Gasteiger partial charge in [-0.05, 0) is 35.8 Å². The maximum absolute atomic E-state index is 13.3. The number of β-lactam (4-membered cyclic amide) rings is 1. The molecule has 3 aromatic carbocycles. The first kappa shape index (κ1) is 26.6. The van der Waals surface area contributed by atoms with E-state index in [1.165, 1.54) is 18.9 Å². The molecule has 8 heteroatoms. The van der Waals surface area contributed by atoms with Crippen molar-refractivity contribution in [3.05, 3.63) is 107 Å². The molecule has 1 fully saturated rings. The fraction of sp³-hybridized carbons (Fsp3) is 0.233. The Morgan fingerprint density at radius 1 is 0.947 bits per heavy atom. The Morgan fingerprint density at radius 2 is 1.50 bits per heavy atom. The van der Waals surface area contributed by atoms with Gasteiger partial charge in [-0.15, -0.1) is 0 Å². The van der Waals surface area contributed by atoms with Gasteiger partial charge < -0.3 is 24.4 Å². The summed E-state index contributed by atoms with van der Waals surface area (Å²) in [4.78, 5) is 38.5. The molecule has 2 amide bonds. The number of benzene rings is 3. The minimum atomic E-state index is -0.644. The summed E-state index contributed by atoms with van der Waals surface area (Å²) < 4.78 is 16.1. The first-order valence-electron chi connectivity index (χ1n) is 12.2. The summed E-state index contributed by atoms with van der Waals surface area (Å²) in [5.74, 6) is 0.693. The molecule has 6 rings (SSSR count). The lowest BCUT2D eigenvalue weighted by Crippen LogP contribution is -2.63. The van der Waals surface area contributed by atoms with Gasteiger partial charge in [-0.2, -0.15) is 0 Å². The molecule has 196 valence electrons. The van der Waals surface area contributed by atoms with Gasteiger partial charge in [-0.1, -0.05) is 66.7 Å².